The summed E-state index contributed by atoms with van der Waals surface area (Å²) in [6, 6.07) is 18.2. The minimum atomic E-state index is 0. The topological polar surface area (TPSA) is 0 Å². The largest absolute Gasteiger partial charge is 4.00 e. The third kappa shape index (κ3) is 3.12. The minimum absolute atomic E-state index is 0. The number of fused-ring (bicyclic) bond motifs is 3. The third-order valence-corrected chi connectivity index (χ3v) is 3.04. The van der Waals surface area contributed by atoms with Gasteiger partial charge in [-0.05, 0) is 11.5 Å². The molecule has 0 heterocycles. The first-order chi connectivity index (χ1) is 6.88. The van der Waals surface area contributed by atoms with Crippen LogP contribution in [0.25, 0.3) is 11.1 Å². The molecule has 0 bridgehead atoms. The molecule has 0 amide bonds. The van der Waals surface area contributed by atoms with Gasteiger partial charge >= 0.3 is 21.7 Å². The molecular weight excluding hydrogens is 322 g/mol. The number of benzene rings is 2. The second kappa shape index (κ2) is 8.25. The van der Waals surface area contributed by atoms with Gasteiger partial charge in [-0.25, -0.2) is 0 Å². The Morgan fingerprint density at radius 3 is 2.22 bits per heavy atom. The van der Waals surface area contributed by atoms with Crippen molar-refractivity contribution < 1.29 is 58.9 Å². The van der Waals surface area contributed by atoms with E-state index < -0.39 is 0 Å². The number of rotatable bonds is 0. The van der Waals surface area contributed by atoms with Crippen LogP contribution >= 0.6 is 0 Å². The van der Waals surface area contributed by atoms with Crippen LogP contribution in [-0.2, 0) is 21.7 Å². The van der Waals surface area contributed by atoms with Crippen molar-refractivity contribution in [3.63, 3.8) is 0 Å². The van der Waals surface area contributed by atoms with Gasteiger partial charge < -0.3 is 37.2 Å². The molecular formula is C14H11Cl3Ti. The smallest absolute Gasteiger partial charge is 1.00 e. The van der Waals surface area contributed by atoms with Gasteiger partial charge in [0.2, 0.25) is 0 Å². The molecule has 1 aliphatic rings. The van der Waals surface area contributed by atoms with E-state index in [-0.39, 0.29) is 58.9 Å². The number of hydrogen-bond acceptors (Lipinski definition) is 0. The molecule has 0 saturated heterocycles. The Labute approximate surface area is 142 Å². The van der Waals surface area contributed by atoms with Crippen molar-refractivity contribution >= 4 is 0 Å². The Balaban J connectivity index is 0. The molecule has 1 unspecified atom stereocenters. The van der Waals surface area contributed by atoms with E-state index in [1.807, 2.05) is 6.07 Å². The summed E-state index contributed by atoms with van der Waals surface area (Å²) in [5.41, 5.74) is 5.51. The molecule has 0 radical (unpaired) electrons. The summed E-state index contributed by atoms with van der Waals surface area (Å²) >= 11 is 0. The summed E-state index contributed by atoms with van der Waals surface area (Å²) in [5.74, 6) is 0.502. The Morgan fingerprint density at radius 2 is 1.50 bits per heavy atom. The average molecular weight is 333 g/mol. The normalized spacial score (nSPS) is 13.7. The van der Waals surface area contributed by atoms with Crippen LogP contribution in [0.3, 0.4) is 0 Å². The van der Waals surface area contributed by atoms with Crippen molar-refractivity contribution in [3.8, 4) is 11.1 Å². The molecule has 0 aliphatic heterocycles. The molecule has 3 rings (SSSR count). The second-order valence-corrected chi connectivity index (χ2v) is 3.81. The van der Waals surface area contributed by atoms with Crippen LogP contribution in [0.2, 0.25) is 0 Å². The molecule has 0 spiro atoms. The Kier molecular flexibility index (Phi) is 9.32. The van der Waals surface area contributed by atoms with Crippen molar-refractivity contribution in [2.45, 2.75) is 12.8 Å². The fourth-order valence-corrected chi connectivity index (χ4v) is 2.32. The monoisotopic (exact) mass is 332 g/mol. The van der Waals surface area contributed by atoms with Crippen LogP contribution in [0.15, 0.2) is 42.5 Å². The second-order valence-electron chi connectivity index (χ2n) is 3.81. The molecule has 0 saturated carbocycles. The summed E-state index contributed by atoms with van der Waals surface area (Å²) in [7, 11) is 0. The molecule has 0 fully saturated rings. The van der Waals surface area contributed by atoms with E-state index in [2.05, 4.69) is 49.4 Å². The minimum Gasteiger partial charge on any atom is -1.00 e. The predicted octanol–water partition coefficient (Wildman–Crippen LogP) is -5.37. The molecule has 0 N–H and O–H groups in total. The first-order valence-electron chi connectivity index (χ1n) is 4.98. The summed E-state index contributed by atoms with van der Waals surface area (Å²) in [6.07, 6.45) is 0. The Bertz CT molecular complexity index is 454. The van der Waals surface area contributed by atoms with Crippen molar-refractivity contribution in [1.29, 1.82) is 0 Å². The van der Waals surface area contributed by atoms with E-state index in [0.29, 0.717) is 5.92 Å². The van der Waals surface area contributed by atoms with Gasteiger partial charge in [-0.15, -0.1) is 11.1 Å². The maximum Gasteiger partial charge on any atom is 4.00 e. The van der Waals surface area contributed by atoms with E-state index in [4.69, 9.17) is 0 Å². The fraction of sp³-hybridized carbons (Fsp3) is 0.143. The summed E-state index contributed by atoms with van der Waals surface area (Å²) < 4.78 is 0. The molecule has 2 aromatic carbocycles. The van der Waals surface area contributed by atoms with E-state index in [1.165, 1.54) is 22.3 Å². The van der Waals surface area contributed by atoms with Crippen molar-refractivity contribution in [3.05, 3.63) is 59.7 Å². The molecule has 1 aliphatic carbocycles. The summed E-state index contributed by atoms with van der Waals surface area (Å²) in [5, 5.41) is 0. The molecule has 4 heteroatoms. The zero-order chi connectivity index (χ0) is 9.54. The zero-order valence-corrected chi connectivity index (χ0v) is 13.6. The van der Waals surface area contributed by atoms with Gasteiger partial charge in [0.15, 0.2) is 0 Å². The summed E-state index contributed by atoms with van der Waals surface area (Å²) in [6.45, 7) is 2.25. The van der Waals surface area contributed by atoms with E-state index in [1.54, 1.807) is 0 Å². The number of hydrogen-bond donors (Lipinski definition) is 0. The molecule has 0 aromatic heterocycles. The van der Waals surface area contributed by atoms with Crippen LogP contribution in [0, 0.1) is 6.07 Å². The quantitative estimate of drug-likeness (QED) is 0.334. The first-order valence-corrected chi connectivity index (χ1v) is 4.98. The fourth-order valence-electron chi connectivity index (χ4n) is 2.32. The van der Waals surface area contributed by atoms with Gasteiger partial charge in [-0.3, -0.25) is 0 Å². The Hall–Kier alpha value is 0.0243. The van der Waals surface area contributed by atoms with Gasteiger partial charge in [-0.2, -0.15) is 24.3 Å². The third-order valence-electron chi connectivity index (χ3n) is 3.04. The van der Waals surface area contributed by atoms with E-state index in [9.17, 15) is 0 Å². The van der Waals surface area contributed by atoms with Crippen LogP contribution in [-0.4, -0.2) is 0 Å². The standard InChI is InChI=1S/C14H11.3ClH.Ti/c1-10-11-6-2-4-8-13(11)14-9-5-3-7-12(10)14;;;;/h2-6,8-10H,1H3;3*1H;/q-1;;;;+4/p-3. The van der Waals surface area contributed by atoms with E-state index in [0.717, 1.165) is 0 Å². The van der Waals surface area contributed by atoms with Gasteiger partial charge in [-0.1, -0.05) is 36.8 Å². The SMILES string of the molecule is CC1c2[c-]cccc2-c2ccccc21.[Cl-].[Cl-].[Cl-].[Ti+4]. The first kappa shape index (κ1) is 20.3. The average Bonchev–Trinajstić information content (AvgIpc) is 2.55. The van der Waals surface area contributed by atoms with Crippen LogP contribution in [0.5, 0.6) is 0 Å². The molecule has 0 nitrogen and oxygen atoms in total. The molecule has 18 heavy (non-hydrogen) atoms. The molecule has 2 aromatic rings. The Morgan fingerprint density at radius 1 is 0.889 bits per heavy atom. The maximum atomic E-state index is 3.35. The van der Waals surface area contributed by atoms with Crippen molar-refractivity contribution in [1.82, 2.24) is 0 Å². The maximum absolute atomic E-state index is 3.35. The number of halogens is 3. The molecule has 1 atom stereocenters. The van der Waals surface area contributed by atoms with Gasteiger partial charge in [0.1, 0.15) is 0 Å². The summed E-state index contributed by atoms with van der Waals surface area (Å²) in [4.78, 5) is 0. The molecule has 92 valence electrons. The van der Waals surface area contributed by atoms with Gasteiger partial charge in [0, 0.05) is 0 Å². The van der Waals surface area contributed by atoms with Crippen LogP contribution < -0.4 is 37.2 Å². The van der Waals surface area contributed by atoms with Gasteiger partial charge in [0.05, 0.1) is 0 Å². The predicted molar refractivity (Wildman–Crippen MR) is 58.2 cm³/mol. The van der Waals surface area contributed by atoms with Crippen molar-refractivity contribution in [2.24, 2.45) is 0 Å². The van der Waals surface area contributed by atoms with Gasteiger partial charge in [0.25, 0.3) is 0 Å². The van der Waals surface area contributed by atoms with Crippen molar-refractivity contribution in [2.75, 3.05) is 0 Å². The van der Waals surface area contributed by atoms with E-state index >= 15 is 0 Å². The van der Waals surface area contributed by atoms with Crippen LogP contribution in [0.1, 0.15) is 24.0 Å². The zero-order valence-electron chi connectivity index (χ0n) is 9.75. The van der Waals surface area contributed by atoms with Crippen LogP contribution in [0.4, 0.5) is 0 Å².